The lowest BCUT2D eigenvalue weighted by Crippen LogP contribution is -2.21. The van der Waals surface area contributed by atoms with E-state index in [0.29, 0.717) is 60.4 Å². The van der Waals surface area contributed by atoms with Gasteiger partial charge in [0.1, 0.15) is 11.5 Å². The zero-order valence-corrected chi connectivity index (χ0v) is 16.5. The molecule has 0 radical (unpaired) electrons. The summed E-state index contributed by atoms with van der Waals surface area (Å²) < 4.78 is 5.31. The van der Waals surface area contributed by atoms with Gasteiger partial charge in [0, 0.05) is 32.1 Å². The van der Waals surface area contributed by atoms with Gasteiger partial charge in [-0.05, 0) is 37.8 Å². The lowest BCUT2D eigenvalue weighted by Gasteiger charge is -2.18. The van der Waals surface area contributed by atoms with Crippen LogP contribution in [0.3, 0.4) is 0 Å². The van der Waals surface area contributed by atoms with Gasteiger partial charge in [0.2, 0.25) is 0 Å². The number of ketones is 2. The summed E-state index contributed by atoms with van der Waals surface area (Å²) in [6, 6.07) is 7.73. The molecule has 2 aromatic rings. The lowest BCUT2D eigenvalue weighted by atomic mass is 9.88. The van der Waals surface area contributed by atoms with Gasteiger partial charge in [-0.3, -0.25) is 14.6 Å². The number of allylic oxidation sites excluding steroid dienone is 2. The molecule has 2 aliphatic rings. The van der Waals surface area contributed by atoms with Crippen molar-refractivity contribution in [3.05, 3.63) is 58.2 Å². The van der Waals surface area contributed by atoms with Crippen LogP contribution in [0.2, 0.25) is 0 Å². The van der Waals surface area contributed by atoms with Gasteiger partial charge in [-0.15, -0.1) is 0 Å². The highest BCUT2D eigenvalue weighted by molar-refractivity contribution is 6.24. The molecule has 1 aromatic carbocycles. The Morgan fingerprint density at radius 2 is 1.86 bits per heavy atom. The average Bonchev–Trinajstić information content (AvgIpc) is 3.12. The number of fused-ring (bicyclic) bond motifs is 1. The van der Waals surface area contributed by atoms with E-state index in [4.69, 9.17) is 4.52 Å². The fourth-order valence-corrected chi connectivity index (χ4v) is 4.02. The van der Waals surface area contributed by atoms with E-state index in [1.165, 1.54) is 0 Å². The smallest absolute Gasteiger partial charge is 0.168 e. The summed E-state index contributed by atoms with van der Waals surface area (Å²) in [6.07, 6.45) is 4.35. The number of para-hydroxylation sites is 1. The molecular formula is C23H24N2O4. The number of carbonyl (C=O) groups is 2. The van der Waals surface area contributed by atoms with E-state index in [1.54, 1.807) is 0 Å². The van der Waals surface area contributed by atoms with E-state index in [2.05, 4.69) is 10.1 Å². The summed E-state index contributed by atoms with van der Waals surface area (Å²) in [4.78, 5) is 29.5. The van der Waals surface area contributed by atoms with Crippen LogP contribution in [0.15, 0.2) is 45.1 Å². The molecule has 1 aromatic heterocycles. The van der Waals surface area contributed by atoms with Crippen molar-refractivity contribution in [1.29, 1.82) is 0 Å². The summed E-state index contributed by atoms with van der Waals surface area (Å²) in [5, 5.41) is 14.8. The van der Waals surface area contributed by atoms with Crippen LogP contribution in [0.1, 0.15) is 65.9 Å². The quantitative estimate of drug-likeness (QED) is 0.597. The third-order valence-electron chi connectivity index (χ3n) is 5.56. The predicted molar refractivity (Wildman–Crippen MR) is 109 cm³/mol. The van der Waals surface area contributed by atoms with Crippen LogP contribution >= 0.6 is 0 Å². The monoisotopic (exact) mass is 392 g/mol. The maximum absolute atomic E-state index is 12.6. The minimum atomic E-state index is -0.0839. The zero-order valence-electron chi connectivity index (χ0n) is 16.5. The number of aryl methyl sites for hydroxylation is 3. The van der Waals surface area contributed by atoms with Gasteiger partial charge in [-0.2, -0.15) is 0 Å². The molecule has 1 N–H and O–H groups in total. The van der Waals surface area contributed by atoms with Crippen LogP contribution < -0.4 is 0 Å². The first-order valence-electron chi connectivity index (χ1n) is 10.1. The molecule has 6 heteroatoms. The van der Waals surface area contributed by atoms with Crippen LogP contribution in [0.25, 0.3) is 0 Å². The Morgan fingerprint density at radius 1 is 1.10 bits per heavy atom. The van der Waals surface area contributed by atoms with Crippen LogP contribution in [0, 0.1) is 6.92 Å². The molecule has 1 saturated carbocycles. The minimum Gasteiger partial charge on any atom is -0.511 e. The van der Waals surface area contributed by atoms with E-state index in [0.717, 1.165) is 24.1 Å². The topological polar surface area (TPSA) is 92.8 Å². The molecule has 1 fully saturated rings. The maximum Gasteiger partial charge on any atom is 0.168 e. The Balaban J connectivity index is 1.61. The molecule has 4 rings (SSSR count). The number of hydrogen-bond acceptors (Lipinski definition) is 6. The number of aliphatic hydroxyl groups is 1. The Kier molecular flexibility index (Phi) is 5.43. The number of nitrogens with zero attached hydrogens (tertiary/aromatic N) is 2. The van der Waals surface area contributed by atoms with Gasteiger partial charge in [-0.25, -0.2) is 0 Å². The van der Waals surface area contributed by atoms with Gasteiger partial charge >= 0.3 is 0 Å². The van der Waals surface area contributed by atoms with Gasteiger partial charge in [-0.1, -0.05) is 23.4 Å². The first-order chi connectivity index (χ1) is 14.0. The lowest BCUT2D eigenvalue weighted by molar-refractivity contribution is -0.115. The molecule has 29 heavy (non-hydrogen) atoms. The van der Waals surface area contributed by atoms with Crippen LogP contribution in [0.4, 0.5) is 5.69 Å². The molecule has 2 aliphatic carbocycles. The first kappa shape index (κ1) is 19.3. The number of hydrogen-bond donors (Lipinski definition) is 1. The number of aliphatic hydroxyl groups excluding tert-OH is 1. The van der Waals surface area contributed by atoms with Gasteiger partial charge in [0.15, 0.2) is 11.6 Å². The van der Waals surface area contributed by atoms with E-state index < -0.39 is 0 Å². The normalized spacial score (nSPS) is 20.1. The third kappa shape index (κ3) is 3.92. The van der Waals surface area contributed by atoms with Crippen molar-refractivity contribution in [3.8, 4) is 0 Å². The second kappa shape index (κ2) is 8.15. The third-order valence-corrected chi connectivity index (χ3v) is 5.56. The summed E-state index contributed by atoms with van der Waals surface area (Å²) in [6.45, 7) is 1.97. The molecule has 0 bridgehead atoms. The van der Waals surface area contributed by atoms with Crippen molar-refractivity contribution in [2.45, 2.75) is 58.3 Å². The summed E-state index contributed by atoms with van der Waals surface area (Å²) in [5.74, 6) is 0.616. The summed E-state index contributed by atoms with van der Waals surface area (Å²) in [5.41, 5.74) is 3.91. The number of aliphatic imine (C=N–C) groups is 1. The largest absolute Gasteiger partial charge is 0.511 e. The molecule has 0 saturated heterocycles. The average molecular weight is 392 g/mol. The van der Waals surface area contributed by atoms with E-state index in [-0.39, 0.29) is 23.7 Å². The molecule has 6 nitrogen and oxygen atoms in total. The van der Waals surface area contributed by atoms with E-state index >= 15 is 0 Å². The van der Waals surface area contributed by atoms with Gasteiger partial charge < -0.3 is 9.63 Å². The number of rotatable bonds is 4. The number of benzene rings is 1. The summed E-state index contributed by atoms with van der Waals surface area (Å²) >= 11 is 0. The number of aromatic nitrogens is 1. The standard InChI is InChI=1S/C23H24N2O4/c1-14-6-2-3-7-15(14)24-16-8-4-9-18(26)22(16)20(28)13-12-17-23-19(27)10-5-11-21(23)29-25-17/h2-3,6-7,28H,4-5,8-13H2,1H3/b22-20+,24-16?. The molecule has 0 amide bonds. The Labute approximate surface area is 169 Å². The van der Waals surface area contributed by atoms with Crippen molar-refractivity contribution in [1.82, 2.24) is 5.16 Å². The Hall–Kier alpha value is -3.02. The van der Waals surface area contributed by atoms with Gasteiger partial charge in [0.05, 0.1) is 28.2 Å². The van der Waals surface area contributed by atoms with Crippen LogP contribution in [-0.2, 0) is 17.6 Å². The second-order valence-corrected chi connectivity index (χ2v) is 7.65. The van der Waals surface area contributed by atoms with Crippen molar-refractivity contribution >= 4 is 23.0 Å². The predicted octanol–water partition coefficient (Wildman–Crippen LogP) is 4.77. The highest BCUT2D eigenvalue weighted by atomic mass is 16.5. The van der Waals surface area contributed by atoms with E-state index in [9.17, 15) is 14.7 Å². The minimum absolute atomic E-state index is 0.0158. The molecule has 1 heterocycles. The molecule has 150 valence electrons. The maximum atomic E-state index is 12.6. The van der Waals surface area contributed by atoms with Crippen molar-refractivity contribution in [2.75, 3.05) is 0 Å². The molecular weight excluding hydrogens is 368 g/mol. The summed E-state index contributed by atoms with van der Waals surface area (Å²) in [7, 11) is 0. The zero-order chi connectivity index (χ0) is 20.4. The van der Waals surface area contributed by atoms with Crippen molar-refractivity contribution in [2.24, 2.45) is 4.99 Å². The van der Waals surface area contributed by atoms with Crippen LogP contribution in [-0.4, -0.2) is 27.5 Å². The second-order valence-electron chi connectivity index (χ2n) is 7.65. The van der Waals surface area contributed by atoms with Crippen LogP contribution in [0.5, 0.6) is 0 Å². The molecule has 0 unspecified atom stereocenters. The number of carbonyl (C=O) groups excluding carboxylic acids is 2. The van der Waals surface area contributed by atoms with Crippen molar-refractivity contribution in [3.63, 3.8) is 0 Å². The Morgan fingerprint density at radius 3 is 2.69 bits per heavy atom. The molecule has 0 aliphatic heterocycles. The number of Topliss-reactive ketones (excluding diaryl/α,β-unsaturated/α-hetero) is 2. The SMILES string of the molecule is Cc1ccccc1N=C1CCCC(=O)/C1=C(/O)CCc1noc2c1C(=O)CCC2. The molecule has 0 spiro atoms. The van der Waals surface area contributed by atoms with Gasteiger partial charge in [0.25, 0.3) is 0 Å². The highest BCUT2D eigenvalue weighted by Crippen LogP contribution is 2.29. The Bertz CT molecular complexity index is 1030. The first-order valence-corrected chi connectivity index (χ1v) is 10.1. The fourth-order valence-electron chi connectivity index (χ4n) is 4.02. The van der Waals surface area contributed by atoms with Crippen molar-refractivity contribution < 1.29 is 19.2 Å². The fraction of sp³-hybridized carbons (Fsp3) is 0.391. The van der Waals surface area contributed by atoms with E-state index in [1.807, 2.05) is 31.2 Å². The highest BCUT2D eigenvalue weighted by Gasteiger charge is 2.28. The molecule has 0 atom stereocenters.